The monoisotopic (exact) mass is 867 g/mol. The molecule has 0 saturated heterocycles. The molecule has 0 amide bonds. The molecule has 1 rings (SSSR count). The van der Waals surface area contributed by atoms with Crippen molar-refractivity contribution in [3.8, 4) is 0 Å². The topological polar surface area (TPSA) is 69.2 Å². The average molecular weight is 868 g/mol. The molecule has 58 heavy (non-hydrogen) atoms. The lowest BCUT2D eigenvalue weighted by atomic mass is 10.0. The summed E-state index contributed by atoms with van der Waals surface area (Å²) in [6.07, 6.45) is 55.3. The Morgan fingerprint density at radius 2 is 0.672 bits per heavy atom. The summed E-state index contributed by atoms with van der Waals surface area (Å²) < 4.78 is 7.02. The van der Waals surface area contributed by atoms with Crippen LogP contribution < -0.4 is 0 Å². The van der Waals surface area contributed by atoms with E-state index >= 15 is 0 Å². The van der Waals surface area contributed by atoms with Crippen molar-refractivity contribution in [3.05, 3.63) is 0 Å². The Morgan fingerprint density at radius 3 is 1.00 bits per heavy atom. The summed E-state index contributed by atoms with van der Waals surface area (Å²) in [6.45, 7) is 5.10. The van der Waals surface area contributed by atoms with Crippen LogP contribution in [-0.2, 0) is 14.3 Å². The number of Topliss-reactive ketones (excluding diaryl/α,β-unsaturated/α-hetero) is 1. The number of rotatable bonds is 48. The predicted octanol–water partition coefficient (Wildman–Crippen LogP) is 17.9. The van der Waals surface area contributed by atoms with Gasteiger partial charge in [0.2, 0.25) is 0 Å². The highest BCUT2D eigenvalue weighted by Gasteiger charge is 2.11. The molecule has 0 aliphatic rings. The summed E-state index contributed by atoms with van der Waals surface area (Å²) in [5, 5.41) is 8.43. The maximum Gasteiger partial charge on any atom is 0.316 e. The number of nitrogens with zero attached hydrogens (tertiary/aromatic N) is 2. The number of carbonyl (C=O) groups is 2. The number of unbranched alkanes of at least 4 members (excludes halogenated alkanes) is 38. The zero-order valence-corrected chi connectivity index (χ0v) is 40.9. The highest BCUT2D eigenvalue weighted by atomic mass is 32.2. The zero-order chi connectivity index (χ0) is 41.7. The minimum atomic E-state index is -0.183. The van der Waals surface area contributed by atoms with Crippen LogP contribution in [0.25, 0.3) is 0 Å². The van der Waals surface area contributed by atoms with Gasteiger partial charge in [0, 0.05) is 6.42 Å². The van der Waals surface area contributed by atoms with Crippen LogP contribution >= 0.6 is 34.9 Å². The Bertz CT molecular complexity index is 1010. The van der Waals surface area contributed by atoms with Crippen LogP contribution in [0.3, 0.4) is 0 Å². The van der Waals surface area contributed by atoms with E-state index in [1.54, 1.807) is 0 Å². The Morgan fingerprint density at radius 1 is 0.397 bits per heavy atom. The lowest BCUT2D eigenvalue weighted by Gasteiger charge is -2.05. The average Bonchev–Trinajstić information content (AvgIpc) is 3.69. The van der Waals surface area contributed by atoms with Crippen LogP contribution in [0.4, 0.5) is 0 Å². The van der Waals surface area contributed by atoms with E-state index < -0.39 is 0 Å². The third kappa shape index (κ3) is 40.8. The highest BCUT2D eigenvalue weighted by Crippen LogP contribution is 2.29. The van der Waals surface area contributed by atoms with Gasteiger partial charge >= 0.3 is 5.97 Å². The van der Waals surface area contributed by atoms with Crippen molar-refractivity contribution < 1.29 is 14.3 Å². The fraction of sp³-hybridized carbons (Fsp3) is 0.920. The van der Waals surface area contributed by atoms with Gasteiger partial charge in [-0.2, -0.15) is 0 Å². The van der Waals surface area contributed by atoms with Crippen molar-refractivity contribution >= 4 is 46.6 Å². The van der Waals surface area contributed by atoms with Gasteiger partial charge in [-0.3, -0.25) is 9.59 Å². The molecule has 0 aliphatic carbocycles. The van der Waals surface area contributed by atoms with Gasteiger partial charge in [0.1, 0.15) is 5.78 Å². The van der Waals surface area contributed by atoms with E-state index in [9.17, 15) is 9.59 Å². The molecule has 0 fully saturated rings. The summed E-state index contributed by atoms with van der Waals surface area (Å²) in [5.41, 5.74) is 0. The summed E-state index contributed by atoms with van der Waals surface area (Å²) in [7, 11) is 0. The number of hydrogen-bond acceptors (Lipinski definition) is 8. The molecule has 0 atom stereocenters. The number of thioether (sulfide) groups is 2. The van der Waals surface area contributed by atoms with Gasteiger partial charge in [-0.25, -0.2) is 0 Å². The summed E-state index contributed by atoms with van der Waals surface area (Å²) >= 11 is 4.32. The smallest absolute Gasteiger partial charge is 0.316 e. The van der Waals surface area contributed by atoms with Crippen LogP contribution in [0.2, 0.25) is 0 Å². The Balaban J connectivity index is 1.82. The molecule has 0 saturated carbocycles. The van der Waals surface area contributed by atoms with Crippen molar-refractivity contribution in [2.75, 3.05) is 18.1 Å². The van der Waals surface area contributed by atoms with E-state index in [0.717, 1.165) is 34.4 Å². The van der Waals surface area contributed by atoms with Gasteiger partial charge < -0.3 is 4.74 Å². The van der Waals surface area contributed by atoms with Gasteiger partial charge in [-0.05, 0) is 12.8 Å². The molecule has 0 bridgehead atoms. The van der Waals surface area contributed by atoms with Crippen molar-refractivity contribution in [2.45, 2.75) is 286 Å². The molecule has 1 aromatic rings. The quantitative estimate of drug-likeness (QED) is 0.0367. The van der Waals surface area contributed by atoms with Gasteiger partial charge in [0.25, 0.3) is 0 Å². The van der Waals surface area contributed by atoms with Crippen molar-refractivity contribution in [2.24, 2.45) is 0 Å². The molecule has 0 aromatic carbocycles. The number of aromatic nitrogens is 2. The maximum atomic E-state index is 12.4. The lowest BCUT2D eigenvalue weighted by Crippen LogP contribution is -2.08. The minimum absolute atomic E-state index is 0.183. The maximum absolute atomic E-state index is 12.4. The largest absolute Gasteiger partial charge is 0.465 e. The van der Waals surface area contributed by atoms with E-state index in [-0.39, 0.29) is 11.7 Å². The van der Waals surface area contributed by atoms with Crippen molar-refractivity contribution in [3.63, 3.8) is 0 Å². The van der Waals surface area contributed by atoms with Gasteiger partial charge in [0.05, 0.1) is 18.1 Å². The molecule has 340 valence electrons. The van der Waals surface area contributed by atoms with Crippen LogP contribution in [-0.4, -0.2) is 40.1 Å². The number of ether oxygens (including phenoxy) is 1. The second kappa shape index (κ2) is 45.9. The molecule has 0 N–H and O–H groups in total. The molecule has 0 radical (unpaired) electrons. The number of ketones is 1. The molecule has 1 aromatic heterocycles. The first-order valence-electron chi connectivity index (χ1n) is 25.4. The molecule has 0 aliphatic heterocycles. The van der Waals surface area contributed by atoms with E-state index in [4.69, 9.17) is 4.74 Å². The van der Waals surface area contributed by atoms with E-state index in [0.29, 0.717) is 24.6 Å². The molecule has 8 heteroatoms. The van der Waals surface area contributed by atoms with Crippen LogP contribution in [0.5, 0.6) is 0 Å². The molecule has 1 heterocycles. The summed E-state index contributed by atoms with van der Waals surface area (Å²) in [5.74, 6) is 0.833. The second-order valence-corrected chi connectivity index (χ2v) is 20.8. The number of esters is 1. The van der Waals surface area contributed by atoms with Crippen LogP contribution in [0.1, 0.15) is 277 Å². The van der Waals surface area contributed by atoms with Gasteiger partial charge in [-0.15, -0.1) is 10.2 Å². The van der Waals surface area contributed by atoms with Crippen molar-refractivity contribution in [1.29, 1.82) is 0 Å². The molecular formula is C50H94N2O3S3. The van der Waals surface area contributed by atoms with Crippen LogP contribution in [0, 0.1) is 0 Å². The first-order chi connectivity index (χ1) is 28.7. The number of carbonyl (C=O) groups excluding carboxylic acids is 2. The molecule has 0 unspecified atom stereocenters. The standard InChI is InChI=1S/C50H94N2O3S3/c1-3-5-7-9-11-13-15-17-19-21-23-25-27-29-31-33-35-37-39-41-43-47(53)45-56-49-51-52-50(58-49)57-46-48(54)55-44-42-40-38-36-34-32-30-28-26-24-22-20-18-16-14-12-10-8-6-4-2/h3-46H2,1-2H3. The normalized spacial score (nSPS) is 11.5. The van der Waals surface area contributed by atoms with E-state index in [1.165, 1.54) is 266 Å². The molecule has 0 spiro atoms. The lowest BCUT2D eigenvalue weighted by molar-refractivity contribution is -0.140. The second-order valence-electron chi connectivity index (χ2n) is 17.4. The van der Waals surface area contributed by atoms with Crippen LogP contribution in [0.15, 0.2) is 8.68 Å². The highest BCUT2D eigenvalue weighted by molar-refractivity contribution is 8.03. The first kappa shape index (κ1) is 55.4. The van der Waals surface area contributed by atoms with Crippen molar-refractivity contribution in [1.82, 2.24) is 10.2 Å². The minimum Gasteiger partial charge on any atom is -0.465 e. The van der Waals surface area contributed by atoms with E-state index in [1.807, 2.05) is 0 Å². The summed E-state index contributed by atoms with van der Waals surface area (Å²) in [6, 6.07) is 0. The molecule has 5 nitrogen and oxygen atoms in total. The Kier molecular flexibility index (Phi) is 43.9. The Labute approximate surface area is 373 Å². The Hall–Kier alpha value is -0.600. The fourth-order valence-corrected chi connectivity index (χ4v) is 10.5. The third-order valence-electron chi connectivity index (χ3n) is 11.6. The zero-order valence-electron chi connectivity index (χ0n) is 38.5. The molecular weight excluding hydrogens is 773 g/mol. The van der Waals surface area contributed by atoms with Gasteiger partial charge in [-0.1, -0.05) is 293 Å². The van der Waals surface area contributed by atoms with E-state index in [2.05, 4.69) is 24.0 Å². The number of hydrogen-bond donors (Lipinski definition) is 0. The SMILES string of the molecule is CCCCCCCCCCCCCCCCCCCCCCOC(=O)CSc1nnc(SCC(=O)CCCCCCCCCCCCCCCCCCCCCC)s1. The van der Waals surface area contributed by atoms with Gasteiger partial charge in [0.15, 0.2) is 8.68 Å². The summed E-state index contributed by atoms with van der Waals surface area (Å²) in [4.78, 5) is 24.6. The predicted molar refractivity (Wildman–Crippen MR) is 258 cm³/mol. The third-order valence-corrected chi connectivity index (χ3v) is 14.9. The first-order valence-corrected chi connectivity index (χ1v) is 28.2. The fourth-order valence-electron chi connectivity index (χ4n) is 7.81.